The second-order valence-corrected chi connectivity index (χ2v) is 21.3. The summed E-state index contributed by atoms with van der Waals surface area (Å²) in [4.78, 5) is 3.40. The number of hydrogen-bond acceptors (Lipinski definition) is 5. The van der Waals surface area contributed by atoms with E-state index in [9.17, 15) is 0 Å². The lowest BCUT2D eigenvalue weighted by molar-refractivity contribution is 0.528. The van der Waals surface area contributed by atoms with Crippen LogP contribution in [-0.4, -0.2) is 13.3 Å². The van der Waals surface area contributed by atoms with Gasteiger partial charge in [-0.1, -0.05) is 168 Å². The average molecular weight is 850 g/mol. The average Bonchev–Trinajstić information content (AvgIpc) is 4.06. The van der Waals surface area contributed by atoms with Crippen LogP contribution in [0.15, 0.2) is 66.0 Å². The second kappa shape index (κ2) is 19.7. The maximum absolute atomic E-state index is 6.38. The maximum atomic E-state index is 6.38. The summed E-state index contributed by atoms with van der Waals surface area (Å²) in [5.41, 5.74) is 11.1. The van der Waals surface area contributed by atoms with E-state index in [1.807, 2.05) is 0 Å². The molecule has 60 heavy (non-hydrogen) atoms. The molecule has 0 fully saturated rings. The number of aromatic nitrogens is 3. The molecule has 3 nitrogen and oxygen atoms in total. The molecule has 6 heteroatoms. The van der Waals surface area contributed by atoms with Gasteiger partial charge in [0.2, 0.25) is 0 Å². The van der Waals surface area contributed by atoms with Gasteiger partial charge in [-0.05, 0) is 76.2 Å². The van der Waals surface area contributed by atoms with Crippen LogP contribution >= 0.6 is 34.4 Å². The normalized spacial score (nSPS) is 12.1. The molecule has 7 rings (SSSR count). The molecule has 0 amide bonds. The van der Waals surface area contributed by atoms with E-state index in [1.54, 1.807) is 22.7 Å². The van der Waals surface area contributed by atoms with Crippen LogP contribution in [0.4, 0.5) is 0 Å². The van der Waals surface area contributed by atoms with Crippen LogP contribution in [0.25, 0.3) is 53.7 Å². The van der Waals surface area contributed by atoms with Crippen LogP contribution in [0.2, 0.25) is 0 Å². The first-order chi connectivity index (χ1) is 29.0. The van der Waals surface area contributed by atoms with Crippen LogP contribution in [0.5, 0.6) is 0 Å². The summed E-state index contributed by atoms with van der Waals surface area (Å²) in [6, 6.07) is 22.4. The number of benzene rings is 3. The molecule has 0 aliphatic carbocycles. The number of hydrogen-bond donors (Lipinski definition) is 0. The molecule has 0 atom stereocenters. The first-order valence-corrected chi connectivity index (χ1v) is 24.9. The zero-order valence-corrected chi connectivity index (χ0v) is 39.6. The Kier molecular flexibility index (Phi) is 14.4. The van der Waals surface area contributed by atoms with Crippen LogP contribution in [0.1, 0.15) is 165 Å². The van der Waals surface area contributed by atoms with E-state index in [2.05, 4.69) is 137 Å². The highest BCUT2D eigenvalue weighted by molar-refractivity contribution is 7.16. The highest BCUT2D eigenvalue weighted by Gasteiger charge is 2.24. The molecular weight excluding hydrogens is 787 g/mol. The number of terminal acetylenes is 1. The molecule has 0 radical (unpaired) electrons. The lowest BCUT2D eigenvalue weighted by Gasteiger charge is -2.20. The fourth-order valence-corrected chi connectivity index (χ4v) is 10.7. The van der Waals surface area contributed by atoms with Crippen molar-refractivity contribution in [3.8, 4) is 45.1 Å². The first kappa shape index (κ1) is 43.9. The van der Waals surface area contributed by atoms with Gasteiger partial charge in [-0.2, -0.15) is 8.75 Å². The second-order valence-electron chi connectivity index (χ2n) is 18.7. The van der Waals surface area contributed by atoms with E-state index in [-0.39, 0.29) is 10.8 Å². The Bertz CT molecular complexity index is 2630. The first-order valence-electron chi connectivity index (χ1n) is 22.5. The fourth-order valence-electron chi connectivity index (χ4n) is 8.51. The van der Waals surface area contributed by atoms with Crippen molar-refractivity contribution in [2.24, 2.45) is 0 Å². The molecule has 0 spiro atoms. The summed E-state index contributed by atoms with van der Waals surface area (Å²) in [5, 5.41) is 4.61. The SMILES string of the molecule is C#Cc1cc(C(C)(C)C)cc2c3cc(C(C)(C)C)cc(C#Cc4ccc(-c5ccc(-c6cccs6)c6nsnc56)s4)c3n(CCCCCCCCCCCCCCCC)c12. The summed E-state index contributed by atoms with van der Waals surface area (Å²) in [7, 11) is 0. The predicted octanol–water partition coefficient (Wildman–Crippen LogP) is 16.7. The number of fused-ring (bicyclic) bond motifs is 4. The molecule has 312 valence electrons. The standard InChI is InChI=1S/C54H63N3S3/c1-9-11-12-13-14-15-16-17-18-19-20-21-22-23-32-57-51-38(10-2)34-40(53(3,4)5)36-45(51)46-37-41(54(6,7)8)35-39(52(46)57)26-27-42-28-31-48(59-42)44-30-29-43(47-25-24-33-58-47)49-50(44)56-60-55-49/h2,24-25,28-31,33-37H,9,11-23,32H2,1,3-8H3. The van der Waals surface area contributed by atoms with E-state index < -0.39 is 0 Å². The Morgan fingerprint density at radius 1 is 0.600 bits per heavy atom. The minimum atomic E-state index is -0.0530. The van der Waals surface area contributed by atoms with Gasteiger partial charge in [0, 0.05) is 49.3 Å². The molecule has 0 saturated carbocycles. The van der Waals surface area contributed by atoms with Crippen molar-refractivity contribution in [2.75, 3.05) is 0 Å². The number of unbranched alkanes of at least 4 members (excludes halogenated alkanes) is 13. The van der Waals surface area contributed by atoms with E-state index >= 15 is 0 Å². The van der Waals surface area contributed by atoms with Gasteiger partial charge in [0.1, 0.15) is 11.0 Å². The van der Waals surface area contributed by atoms with E-state index in [4.69, 9.17) is 15.2 Å². The topological polar surface area (TPSA) is 30.7 Å². The Morgan fingerprint density at radius 2 is 1.13 bits per heavy atom. The number of nitrogens with zero attached hydrogens (tertiary/aromatic N) is 3. The highest BCUT2D eigenvalue weighted by atomic mass is 32.1. The molecule has 3 aromatic carbocycles. The Morgan fingerprint density at radius 3 is 1.67 bits per heavy atom. The number of aryl methyl sites for hydroxylation is 1. The summed E-state index contributed by atoms with van der Waals surface area (Å²) in [5.74, 6) is 10.5. The van der Waals surface area contributed by atoms with E-state index in [0.29, 0.717) is 0 Å². The summed E-state index contributed by atoms with van der Waals surface area (Å²) >= 11 is 4.74. The van der Waals surface area contributed by atoms with Gasteiger partial charge in [0.25, 0.3) is 0 Å². The van der Waals surface area contributed by atoms with Crippen LogP contribution in [0, 0.1) is 24.2 Å². The largest absolute Gasteiger partial charge is 0.338 e. The van der Waals surface area contributed by atoms with Crippen molar-refractivity contribution in [3.05, 3.63) is 93.2 Å². The van der Waals surface area contributed by atoms with Crippen LogP contribution in [0.3, 0.4) is 0 Å². The summed E-state index contributed by atoms with van der Waals surface area (Å²) < 4.78 is 12.0. The third-order valence-corrected chi connectivity index (χ3v) is 14.5. The highest BCUT2D eigenvalue weighted by Crippen LogP contribution is 2.41. The van der Waals surface area contributed by atoms with Gasteiger partial charge in [-0.15, -0.1) is 29.1 Å². The van der Waals surface area contributed by atoms with Gasteiger partial charge in [0.15, 0.2) is 0 Å². The van der Waals surface area contributed by atoms with Crippen molar-refractivity contribution in [2.45, 2.75) is 156 Å². The van der Waals surface area contributed by atoms with Crippen LogP contribution < -0.4 is 0 Å². The summed E-state index contributed by atoms with van der Waals surface area (Å²) in [6.07, 6.45) is 25.3. The molecule has 4 heterocycles. The van der Waals surface area contributed by atoms with Crippen molar-refractivity contribution >= 4 is 67.2 Å². The Labute approximate surface area is 372 Å². The molecule has 7 aromatic rings. The van der Waals surface area contributed by atoms with E-state index in [0.717, 1.165) is 56.0 Å². The number of rotatable bonds is 17. The zero-order valence-electron chi connectivity index (χ0n) is 37.1. The van der Waals surface area contributed by atoms with Gasteiger partial charge in [-0.3, -0.25) is 0 Å². The molecule has 0 aliphatic rings. The quantitative estimate of drug-likeness (QED) is 0.0675. The molecule has 0 unspecified atom stereocenters. The van der Waals surface area contributed by atoms with Crippen molar-refractivity contribution < 1.29 is 0 Å². The van der Waals surface area contributed by atoms with Crippen LogP contribution in [-0.2, 0) is 17.4 Å². The lowest BCUT2D eigenvalue weighted by Crippen LogP contribution is -2.11. The predicted molar refractivity (Wildman–Crippen MR) is 265 cm³/mol. The summed E-state index contributed by atoms with van der Waals surface area (Å²) in [6.45, 7) is 17.0. The molecule has 0 bridgehead atoms. The maximum Gasteiger partial charge on any atom is 0.114 e. The third kappa shape index (κ3) is 10.1. The minimum Gasteiger partial charge on any atom is -0.338 e. The third-order valence-electron chi connectivity index (χ3n) is 12.1. The van der Waals surface area contributed by atoms with Crippen molar-refractivity contribution in [1.29, 1.82) is 0 Å². The van der Waals surface area contributed by atoms with Gasteiger partial charge in [-0.25, -0.2) is 0 Å². The number of thiophene rings is 2. The van der Waals surface area contributed by atoms with Gasteiger partial charge >= 0.3 is 0 Å². The lowest BCUT2D eigenvalue weighted by atomic mass is 9.83. The van der Waals surface area contributed by atoms with E-state index in [1.165, 1.54) is 133 Å². The smallest absolute Gasteiger partial charge is 0.114 e. The fraction of sp³-hybridized carbons (Fsp3) is 0.444. The zero-order chi connectivity index (χ0) is 42.3. The Hall–Kier alpha value is -4.20. The Balaban J connectivity index is 1.18. The van der Waals surface area contributed by atoms with Crippen molar-refractivity contribution in [1.82, 2.24) is 13.3 Å². The molecule has 0 saturated heterocycles. The van der Waals surface area contributed by atoms with Gasteiger partial charge < -0.3 is 4.57 Å². The molecule has 4 aromatic heterocycles. The monoisotopic (exact) mass is 849 g/mol. The molecule has 0 N–H and O–H groups in total. The minimum absolute atomic E-state index is 0.0333. The van der Waals surface area contributed by atoms with Crippen molar-refractivity contribution in [3.63, 3.8) is 0 Å². The molecular formula is C54H63N3S3. The molecule has 0 aliphatic heterocycles. The van der Waals surface area contributed by atoms with Gasteiger partial charge in [0.05, 0.1) is 27.6 Å².